The summed E-state index contributed by atoms with van der Waals surface area (Å²) in [7, 11) is 0. The highest BCUT2D eigenvalue weighted by Gasteiger charge is 2.43. The van der Waals surface area contributed by atoms with Gasteiger partial charge in [0.05, 0.1) is 22.2 Å². The van der Waals surface area contributed by atoms with Gasteiger partial charge >= 0.3 is 0 Å². The van der Waals surface area contributed by atoms with Gasteiger partial charge in [-0.2, -0.15) is 0 Å². The Bertz CT molecular complexity index is 430. The van der Waals surface area contributed by atoms with Crippen LogP contribution in [0.25, 0.3) is 0 Å². The molecule has 1 aromatic rings. The monoisotopic (exact) mass is 259 g/mol. The largest absolute Gasteiger partial charge is 0.394 e. The number of carbonyl (C=O) groups excluding carboxylic acids is 1. The average molecular weight is 260 g/mol. The van der Waals surface area contributed by atoms with Crippen molar-refractivity contribution in [1.29, 1.82) is 0 Å². The van der Waals surface area contributed by atoms with Gasteiger partial charge < -0.3 is 10.4 Å². The third-order valence-corrected chi connectivity index (χ3v) is 3.46. The van der Waals surface area contributed by atoms with Gasteiger partial charge in [0.1, 0.15) is 0 Å². The van der Waals surface area contributed by atoms with Crippen LogP contribution in [0.1, 0.15) is 23.2 Å². The van der Waals surface area contributed by atoms with Crippen LogP contribution in [-0.2, 0) is 0 Å². The van der Waals surface area contributed by atoms with Crippen molar-refractivity contribution in [3.8, 4) is 0 Å². The van der Waals surface area contributed by atoms with Crippen molar-refractivity contribution in [3.63, 3.8) is 0 Å². The summed E-state index contributed by atoms with van der Waals surface area (Å²) in [5, 5.41) is 12.6. The zero-order valence-corrected chi connectivity index (χ0v) is 9.98. The third kappa shape index (κ3) is 2.32. The molecule has 0 atom stereocenters. The van der Waals surface area contributed by atoms with Gasteiger partial charge in [0.2, 0.25) is 0 Å². The van der Waals surface area contributed by atoms with Crippen LogP contribution in [0.5, 0.6) is 0 Å². The van der Waals surface area contributed by atoms with E-state index in [1.807, 2.05) is 0 Å². The predicted molar refractivity (Wildman–Crippen MR) is 63.0 cm³/mol. The van der Waals surface area contributed by atoms with Crippen LogP contribution in [0.3, 0.4) is 0 Å². The molecule has 16 heavy (non-hydrogen) atoms. The quantitative estimate of drug-likeness (QED) is 0.875. The van der Waals surface area contributed by atoms with Crippen LogP contribution in [-0.4, -0.2) is 23.2 Å². The molecule has 0 aromatic heterocycles. The Morgan fingerprint density at radius 1 is 1.38 bits per heavy atom. The first-order valence-electron chi connectivity index (χ1n) is 4.95. The number of carbonyl (C=O) groups is 1. The second kappa shape index (κ2) is 4.24. The zero-order valence-electron chi connectivity index (χ0n) is 8.46. The van der Waals surface area contributed by atoms with Gasteiger partial charge in [0.25, 0.3) is 5.91 Å². The molecule has 0 aliphatic heterocycles. The van der Waals surface area contributed by atoms with E-state index in [1.165, 1.54) is 6.07 Å². The smallest absolute Gasteiger partial charge is 0.251 e. The maximum Gasteiger partial charge on any atom is 0.251 e. The standard InChI is InChI=1S/C11H11Cl2NO2/c12-8-2-1-7(5-9(8)13)10(16)14-11(6-15)3-4-11/h1-2,5,15H,3-4,6H2,(H,14,16). The van der Waals surface area contributed by atoms with Gasteiger partial charge in [-0.25, -0.2) is 0 Å². The van der Waals surface area contributed by atoms with E-state index in [1.54, 1.807) is 12.1 Å². The zero-order chi connectivity index (χ0) is 11.8. The Kier molecular flexibility index (Phi) is 3.10. The first-order chi connectivity index (χ1) is 7.56. The summed E-state index contributed by atoms with van der Waals surface area (Å²) in [5.74, 6) is -0.231. The first kappa shape index (κ1) is 11.7. The van der Waals surface area contributed by atoms with Crippen molar-refractivity contribution in [3.05, 3.63) is 33.8 Å². The number of hydrogen-bond acceptors (Lipinski definition) is 2. The summed E-state index contributed by atoms with van der Waals surface area (Å²) in [4.78, 5) is 11.8. The summed E-state index contributed by atoms with van der Waals surface area (Å²) >= 11 is 11.6. The van der Waals surface area contributed by atoms with E-state index in [9.17, 15) is 4.79 Å². The van der Waals surface area contributed by atoms with Gasteiger partial charge in [0, 0.05) is 5.56 Å². The van der Waals surface area contributed by atoms with E-state index in [-0.39, 0.29) is 12.5 Å². The molecule has 1 aliphatic carbocycles. The van der Waals surface area contributed by atoms with E-state index < -0.39 is 5.54 Å². The number of aliphatic hydroxyl groups excluding tert-OH is 1. The molecule has 0 radical (unpaired) electrons. The topological polar surface area (TPSA) is 49.3 Å². The molecular formula is C11H11Cl2NO2. The number of hydrogen-bond donors (Lipinski definition) is 2. The van der Waals surface area contributed by atoms with Gasteiger partial charge in [-0.15, -0.1) is 0 Å². The number of aliphatic hydroxyl groups is 1. The van der Waals surface area contributed by atoms with Gasteiger partial charge in [-0.05, 0) is 31.0 Å². The second-order valence-electron chi connectivity index (χ2n) is 4.02. The number of nitrogens with one attached hydrogen (secondary N) is 1. The van der Waals surface area contributed by atoms with Crippen molar-refractivity contribution in [2.75, 3.05) is 6.61 Å². The highest BCUT2D eigenvalue weighted by Crippen LogP contribution is 2.35. The van der Waals surface area contributed by atoms with Crippen LogP contribution in [0.2, 0.25) is 10.0 Å². The average Bonchev–Trinajstić information content (AvgIpc) is 3.02. The molecule has 0 bridgehead atoms. The Balaban J connectivity index is 2.12. The third-order valence-electron chi connectivity index (χ3n) is 2.72. The highest BCUT2D eigenvalue weighted by atomic mass is 35.5. The van der Waals surface area contributed by atoms with Crippen molar-refractivity contribution in [1.82, 2.24) is 5.32 Å². The Morgan fingerprint density at radius 2 is 2.06 bits per heavy atom. The molecule has 1 aromatic carbocycles. The molecule has 1 amide bonds. The fourth-order valence-corrected chi connectivity index (χ4v) is 1.72. The second-order valence-corrected chi connectivity index (χ2v) is 4.84. The number of rotatable bonds is 3. The first-order valence-corrected chi connectivity index (χ1v) is 5.70. The highest BCUT2D eigenvalue weighted by molar-refractivity contribution is 6.42. The molecule has 1 aliphatic rings. The summed E-state index contributed by atoms with van der Waals surface area (Å²) in [5.41, 5.74) is 0.0394. The van der Waals surface area contributed by atoms with E-state index in [2.05, 4.69) is 5.32 Å². The number of halogens is 2. The number of amides is 1. The van der Waals surface area contributed by atoms with Crippen LogP contribution in [0.4, 0.5) is 0 Å². The molecule has 0 heterocycles. The fraction of sp³-hybridized carbons (Fsp3) is 0.364. The lowest BCUT2D eigenvalue weighted by atomic mass is 10.2. The maximum absolute atomic E-state index is 11.8. The van der Waals surface area contributed by atoms with Crippen LogP contribution >= 0.6 is 23.2 Å². The summed E-state index contributed by atoms with van der Waals surface area (Å²) in [6, 6.07) is 4.71. The Hall–Kier alpha value is -0.770. The predicted octanol–water partition coefficient (Wildman–Crippen LogP) is 2.25. The van der Waals surface area contributed by atoms with Crippen molar-refractivity contribution in [2.45, 2.75) is 18.4 Å². The van der Waals surface area contributed by atoms with Gasteiger partial charge in [-0.3, -0.25) is 4.79 Å². The molecule has 2 rings (SSSR count). The molecule has 1 saturated carbocycles. The fourth-order valence-electron chi connectivity index (χ4n) is 1.42. The van der Waals surface area contributed by atoms with Crippen LogP contribution in [0.15, 0.2) is 18.2 Å². The number of benzene rings is 1. The molecule has 1 fully saturated rings. The van der Waals surface area contributed by atoms with Crippen LogP contribution < -0.4 is 5.32 Å². The lowest BCUT2D eigenvalue weighted by Crippen LogP contribution is -2.39. The minimum absolute atomic E-state index is 0.0277. The molecule has 2 N–H and O–H groups in total. The van der Waals surface area contributed by atoms with E-state index >= 15 is 0 Å². The molecule has 0 saturated heterocycles. The minimum atomic E-state index is -0.413. The van der Waals surface area contributed by atoms with Crippen molar-refractivity contribution < 1.29 is 9.90 Å². The van der Waals surface area contributed by atoms with Gasteiger partial charge in [0.15, 0.2) is 0 Å². The molecule has 0 unspecified atom stereocenters. The molecule has 86 valence electrons. The molecule has 5 heteroatoms. The van der Waals surface area contributed by atoms with Crippen molar-refractivity contribution in [2.24, 2.45) is 0 Å². The summed E-state index contributed by atoms with van der Waals surface area (Å²) < 4.78 is 0. The maximum atomic E-state index is 11.8. The molecular weight excluding hydrogens is 249 g/mol. The SMILES string of the molecule is O=C(NC1(CO)CC1)c1ccc(Cl)c(Cl)c1. The lowest BCUT2D eigenvalue weighted by molar-refractivity contribution is 0.0907. The molecule has 3 nitrogen and oxygen atoms in total. The lowest BCUT2D eigenvalue weighted by Gasteiger charge is -2.14. The molecule has 0 spiro atoms. The Morgan fingerprint density at radius 3 is 2.56 bits per heavy atom. The Labute approximate surface area is 103 Å². The normalized spacial score (nSPS) is 16.9. The minimum Gasteiger partial charge on any atom is -0.394 e. The van der Waals surface area contributed by atoms with E-state index in [0.717, 1.165) is 12.8 Å². The summed E-state index contributed by atoms with van der Waals surface area (Å²) in [6.07, 6.45) is 1.63. The van der Waals surface area contributed by atoms with Crippen LogP contribution in [0, 0.1) is 0 Å². The van der Waals surface area contributed by atoms with E-state index in [4.69, 9.17) is 28.3 Å². The van der Waals surface area contributed by atoms with E-state index in [0.29, 0.717) is 15.6 Å². The van der Waals surface area contributed by atoms with Gasteiger partial charge in [-0.1, -0.05) is 23.2 Å². The van der Waals surface area contributed by atoms with Crippen molar-refractivity contribution >= 4 is 29.1 Å². The summed E-state index contributed by atoms with van der Waals surface area (Å²) in [6.45, 7) is -0.0277.